The summed E-state index contributed by atoms with van der Waals surface area (Å²) in [4.78, 5) is 22.7. The van der Waals surface area contributed by atoms with E-state index in [2.05, 4.69) is 74.3 Å². The number of pyridine rings is 12. The van der Waals surface area contributed by atoms with Gasteiger partial charge in [-0.15, -0.1) is 54.8 Å². The highest BCUT2D eigenvalue weighted by molar-refractivity contribution is 6.24. The summed E-state index contributed by atoms with van der Waals surface area (Å²) in [7, 11) is 34.1. The van der Waals surface area contributed by atoms with Crippen molar-refractivity contribution in [3.8, 4) is 74.3 Å². The molecule has 768 valence electrons. The van der Waals surface area contributed by atoms with Gasteiger partial charge in [0.1, 0.15) is 0 Å². The third kappa shape index (κ3) is 59.0. The Bertz CT molecular complexity index is 5030. The van der Waals surface area contributed by atoms with Gasteiger partial charge in [-0.25, -0.2) is 0 Å². The zero-order valence-corrected chi connectivity index (χ0v) is 87.0. The van der Waals surface area contributed by atoms with Crippen molar-refractivity contribution in [2.45, 2.75) is 0 Å². The van der Waals surface area contributed by atoms with Gasteiger partial charge < -0.3 is 60.3 Å². The summed E-state index contributed by atoms with van der Waals surface area (Å²) in [5, 5.41) is 205. The Labute approximate surface area is 868 Å². The van der Waals surface area contributed by atoms with Gasteiger partial charge in [0.2, 0.25) is 69.8 Å². The van der Waals surface area contributed by atoms with E-state index in [1.54, 1.807) is 74.4 Å². The quantitative estimate of drug-likeness (QED) is 0.0809. The predicted molar refractivity (Wildman–Crippen MR) is 527 cm³/mol. The van der Waals surface area contributed by atoms with Crippen molar-refractivity contribution < 1.29 is 115 Å². The maximum absolute atomic E-state index is 8.65. The number of nitriles is 12. The minimum Gasteiger partial charge on any atom is -0.907 e. The Morgan fingerprint density at radius 3 is 0.223 bits per heavy atom. The van der Waals surface area contributed by atoms with Gasteiger partial charge in [0, 0.05) is 136 Å². The van der Waals surface area contributed by atoms with Crippen molar-refractivity contribution in [2.24, 2.45) is 0 Å². The van der Waals surface area contributed by atoms with E-state index in [1.807, 2.05) is 446 Å². The van der Waals surface area contributed by atoms with Crippen LogP contribution in [0.2, 0.25) is 0 Å². The molecule has 0 radical (unpaired) electrons. The van der Waals surface area contributed by atoms with Crippen LogP contribution in [-0.2, 0) is 0 Å². The summed E-state index contributed by atoms with van der Waals surface area (Å²) >= 11 is 0. The first kappa shape index (κ1) is 135. The third-order valence-corrected chi connectivity index (χ3v) is 16.9. The van der Waals surface area contributed by atoms with E-state index in [0.717, 1.165) is 69.8 Å². The van der Waals surface area contributed by atoms with Crippen LogP contribution in [0.25, 0.3) is 0 Å². The first-order valence-electron chi connectivity index (χ1n) is 42.9. The molecule has 0 saturated heterocycles. The molecule has 0 aliphatic carbocycles. The lowest BCUT2D eigenvalue weighted by Gasteiger charge is -2.35. The summed E-state index contributed by atoms with van der Waals surface area (Å²) in [6, 6.07) is 67.5. The summed E-state index contributed by atoms with van der Waals surface area (Å²) in [5.41, 5.74) is 0. The molecule has 0 N–H and O–H groups in total. The molecule has 0 spiro atoms. The van der Waals surface area contributed by atoms with Gasteiger partial charge in [0.25, 0.3) is 0 Å². The van der Waals surface area contributed by atoms with Crippen LogP contribution in [0.15, 0.2) is 293 Å². The van der Waals surface area contributed by atoms with Gasteiger partial charge in [0.15, 0.2) is 0 Å². The standard InChI is InChI=1S/12C8H10N3.4BO3/c12*1-10(2)8-5-3-4-6-11(8)7-9;4*2-1(3)4/h12*3-6H,1-2H3;;;;/q12*+1;4*-3. The molecule has 0 atom stereocenters. The highest BCUT2D eigenvalue weighted by Gasteiger charge is 2.15. The zero-order valence-electron chi connectivity index (χ0n) is 87.0. The molecule has 52 heteroatoms. The lowest BCUT2D eigenvalue weighted by molar-refractivity contribution is -0.573. The molecule has 48 nitrogen and oxygen atoms in total. The molecule has 0 unspecified atom stereocenters. The van der Waals surface area contributed by atoms with Gasteiger partial charge in [-0.2, -0.15) is 0 Å². The SMILES string of the molecule is CN(C)c1cccc[n+]1C#N.CN(C)c1cccc[n+]1C#N.CN(C)c1cccc[n+]1C#N.CN(C)c1cccc[n+]1C#N.CN(C)c1cccc[n+]1C#N.CN(C)c1cccc[n+]1C#N.CN(C)c1cccc[n+]1C#N.CN(C)c1cccc[n+]1C#N.CN(C)c1cccc[n+]1C#N.CN(C)c1cccc[n+]1C#N.CN(C)c1cccc[n+]1C#N.CN(C)c1cccc[n+]1C#N.[O-]B([O-])[O-].[O-]B([O-])[O-].[O-]B([O-])[O-].[O-]B([O-])[O-]. The van der Waals surface area contributed by atoms with Crippen LogP contribution in [0.5, 0.6) is 0 Å². The Hall–Kier alpha value is -18.9. The lowest BCUT2D eigenvalue weighted by Crippen LogP contribution is -2.56. The number of nitrogens with zero attached hydrogens (tertiary/aromatic N) is 36. The zero-order chi connectivity index (χ0) is 114. The first-order chi connectivity index (χ1) is 70.0. The topological polar surface area (TPSA) is 648 Å². The second kappa shape index (κ2) is 79.7. The number of rotatable bonds is 12. The van der Waals surface area contributed by atoms with E-state index >= 15 is 0 Å². The monoisotopic (exact) mass is 2010 g/mol. The van der Waals surface area contributed by atoms with Gasteiger partial charge in [-0.05, 0) is 72.8 Å². The molecule has 12 heterocycles. The van der Waals surface area contributed by atoms with E-state index in [-0.39, 0.29) is 0 Å². The maximum Gasteiger partial charge on any atom is 0.375 e. The number of aromatic nitrogens is 12. The molecule has 0 saturated carbocycles. The van der Waals surface area contributed by atoms with E-state index in [9.17, 15) is 0 Å². The van der Waals surface area contributed by atoms with Gasteiger partial charge in [-0.1, -0.05) is 72.8 Å². The summed E-state index contributed by atoms with van der Waals surface area (Å²) in [5.74, 6) is 10.6. The molecule has 0 aliphatic heterocycles. The van der Waals surface area contributed by atoms with Gasteiger partial charge in [0.05, 0.1) is 244 Å². The van der Waals surface area contributed by atoms with Gasteiger partial charge >= 0.3 is 74.3 Å². The van der Waals surface area contributed by atoms with Crippen molar-refractivity contribution >= 4 is 99.1 Å². The van der Waals surface area contributed by atoms with Crippen LogP contribution in [-0.4, -0.2) is 198 Å². The van der Waals surface area contributed by atoms with Crippen molar-refractivity contribution in [1.82, 2.24) is 0 Å². The molecule has 12 aromatic heterocycles. The highest BCUT2D eigenvalue weighted by atomic mass is 16.5. The molecule has 0 amide bonds. The summed E-state index contributed by atoms with van der Waals surface area (Å²) in [6.07, 6.45) is 45.4. The maximum atomic E-state index is 8.65. The molecule has 0 fully saturated rings. The number of anilines is 12. The number of hydrogen-bond acceptors (Lipinski definition) is 36. The minimum atomic E-state index is -2.92. The molecule has 0 aliphatic rings. The van der Waals surface area contributed by atoms with Crippen molar-refractivity contribution in [1.29, 1.82) is 63.1 Å². The molecule has 148 heavy (non-hydrogen) atoms. The molecular weight excluding hydrogens is 1890 g/mol. The number of hydrogen-bond donors (Lipinski definition) is 0. The molecule has 12 rings (SSSR count). The normalized spacial score (nSPS) is 8.59. The highest BCUT2D eigenvalue weighted by Crippen LogP contribution is 2.09. The van der Waals surface area contributed by atoms with Crippen molar-refractivity contribution in [2.75, 3.05) is 228 Å². The molecular formula is C96H120B4N36O12. The van der Waals surface area contributed by atoms with E-state index < -0.39 is 29.3 Å². The fourth-order valence-electron chi connectivity index (χ4n) is 10.6. The predicted octanol–water partition coefficient (Wildman–Crippen LogP) is -11.4. The van der Waals surface area contributed by atoms with Crippen LogP contribution < -0.4 is 174 Å². The van der Waals surface area contributed by atoms with E-state index in [4.69, 9.17) is 123 Å². The second-order valence-corrected chi connectivity index (χ2v) is 30.2. The summed E-state index contributed by atoms with van der Waals surface area (Å²) in [6.45, 7) is 0. The molecule has 0 aromatic carbocycles. The Morgan fingerprint density at radius 1 is 0.135 bits per heavy atom. The summed E-state index contributed by atoms with van der Waals surface area (Å²) < 4.78 is 18.2. The largest absolute Gasteiger partial charge is 0.907 e. The van der Waals surface area contributed by atoms with Crippen LogP contribution in [0.1, 0.15) is 0 Å². The fourth-order valence-corrected chi connectivity index (χ4v) is 10.6. The molecule has 0 bridgehead atoms. The fraction of sp³-hybridized carbons (Fsp3) is 0.250. The Kier molecular flexibility index (Phi) is 72.9. The van der Waals surface area contributed by atoms with Gasteiger partial charge in [-0.3, -0.25) is 88.1 Å². The Morgan fingerprint density at radius 2 is 0.189 bits per heavy atom. The Balaban J connectivity index is -0.000000754. The van der Waals surface area contributed by atoms with Crippen molar-refractivity contribution in [3.63, 3.8) is 0 Å². The minimum absolute atomic E-state index is 0.884. The smallest absolute Gasteiger partial charge is 0.375 e. The lowest BCUT2D eigenvalue weighted by atomic mass is 10.3. The second-order valence-electron chi connectivity index (χ2n) is 30.2. The molecule has 12 aromatic rings. The first-order valence-corrected chi connectivity index (χ1v) is 42.9. The van der Waals surface area contributed by atoms with Crippen LogP contribution in [0, 0.1) is 137 Å². The average Bonchev–Trinajstić information content (AvgIpc) is 0.962. The van der Waals surface area contributed by atoms with Crippen LogP contribution >= 0.6 is 0 Å². The van der Waals surface area contributed by atoms with E-state index in [0.29, 0.717) is 0 Å². The third-order valence-electron chi connectivity index (χ3n) is 16.9. The van der Waals surface area contributed by atoms with Crippen LogP contribution in [0.3, 0.4) is 0 Å². The average molecular weight is 2010 g/mol. The van der Waals surface area contributed by atoms with E-state index in [1.165, 1.54) is 54.8 Å². The van der Waals surface area contributed by atoms with Crippen molar-refractivity contribution in [3.05, 3.63) is 293 Å². The van der Waals surface area contributed by atoms with Crippen LogP contribution in [0.4, 0.5) is 69.8 Å².